The van der Waals surface area contributed by atoms with Crippen LogP contribution in [0.15, 0.2) is 22.9 Å². The van der Waals surface area contributed by atoms with Crippen LogP contribution in [-0.2, 0) is 0 Å². The van der Waals surface area contributed by atoms with Crippen molar-refractivity contribution in [3.63, 3.8) is 0 Å². The molecule has 70 valence electrons. The molecule has 0 unspecified atom stereocenters. The summed E-state index contributed by atoms with van der Waals surface area (Å²) < 4.78 is 6.69. The number of nitrogens with zero attached hydrogens (tertiary/aromatic N) is 1. The summed E-state index contributed by atoms with van der Waals surface area (Å²) in [6.45, 7) is 2.12. The molecule has 0 spiro atoms. The molecule has 2 nitrogen and oxygen atoms in total. The zero-order chi connectivity index (χ0) is 9.26. The molecule has 0 saturated heterocycles. The summed E-state index contributed by atoms with van der Waals surface area (Å²) in [5.41, 5.74) is 0. The van der Waals surface area contributed by atoms with Crippen LogP contribution in [0.25, 0.3) is 0 Å². The summed E-state index contributed by atoms with van der Waals surface area (Å²) in [7, 11) is 0. The minimum absolute atomic E-state index is 0.330. The lowest BCUT2D eigenvalue weighted by Gasteiger charge is -2.13. The first-order valence-electron chi connectivity index (χ1n) is 4.53. The Morgan fingerprint density at radius 3 is 2.92 bits per heavy atom. The van der Waals surface area contributed by atoms with Gasteiger partial charge in [-0.25, -0.2) is 0 Å². The van der Waals surface area contributed by atoms with Gasteiger partial charge in [0.2, 0.25) is 0 Å². The fourth-order valence-electron chi connectivity index (χ4n) is 1.33. The molecule has 0 radical (unpaired) electrons. The van der Waals surface area contributed by atoms with Crippen LogP contribution >= 0.6 is 15.9 Å². The van der Waals surface area contributed by atoms with Crippen molar-refractivity contribution in [1.82, 2.24) is 4.98 Å². The topological polar surface area (TPSA) is 22.1 Å². The first-order valence-corrected chi connectivity index (χ1v) is 5.32. The molecule has 1 aliphatic rings. The second-order valence-electron chi connectivity index (χ2n) is 3.50. The summed E-state index contributed by atoms with van der Waals surface area (Å²) >= 11 is 3.36. The average molecular weight is 242 g/mol. The van der Waals surface area contributed by atoms with Crippen molar-refractivity contribution in [2.45, 2.75) is 25.9 Å². The van der Waals surface area contributed by atoms with Crippen molar-refractivity contribution in [3.8, 4) is 5.75 Å². The van der Waals surface area contributed by atoms with E-state index in [0.717, 1.165) is 16.1 Å². The molecule has 1 aliphatic carbocycles. The van der Waals surface area contributed by atoms with Crippen LogP contribution in [-0.4, -0.2) is 11.1 Å². The van der Waals surface area contributed by atoms with Gasteiger partial charge in [0.25, 0.3) is 0 Å². The van der Waals surface area contributed by atoms with Crippen molar-refractivity contribution < 1.29 is 4.74 Å². The molecule has 1 fully saturated rings. The number of hydrogen-bond acceptors (Lipinski definition) is 2. The molecule has 13 heavy (non-hydrogen) atoms. The number of rotatable bonds is 3. The number of halogens is 1. The molecule has 1 aromatic rings. The van der Waals surface area contributed by atoms with Gasteiger partial charge in [-0.3, -0.25) is 4.98 Å². The molecule has 0 N–H and O–H groups in total. The first kappa shape index (κ1) is 9.00. The van der Waals surface area contributed by atoms with Gasteiger partial charge < -0.3 is 4.74 Å². The highest BCUT2D eigenvalue weighted by atomic mass is 79.9. The third-order valence-electron chi connectivity index (χ3n) is 2.29. The fourth-order valence-corrected chi connectivity index (χ4v) is 1.68. The van der Waals surface area contributed by atoms with E-state index in [9.17, 15) is 0 Å². The highest BCUT2D eigenvalue weighted by Gasteiger charge is 2.29. The molecule has 1 heterocycles. The maximum absolute atomic E-state index is 5.73. The molecule has 1 saturated carbocycles. The second kappa shape index (κ2) is 3.66. The van der Waals surface area contributed by atoms with Crippen molar-refractivity contribution in [2.24, 2.45) is 5.92 Å². The van der Waals surface area contributed by atoms with Gasteiger partial charge in [0.05, 0.1) is 12.3 Å². The predicted octanol–water partition coefficient (Wildman–Crippen LogP) is 3.02. The summed E-state index contributed by atoms with van der Waals surface area (Å²) in [6, 6.07) is 1.95. The van der Waals surface area contributed by atoms with E-state index in [2.05, 4.69) is 27.8 Å². The Bertz CT molecular complexity index is 299. The summed E-state index contributed by atoms with van der Waals surface area (Å²) in [5, 5.41) is 0. The minimum atomic E-state index is 0.330. The smallest absolute Gasteiger partial charge is 0.139 e. The zero-order valence-corrected chi connectivity index (χ0v) is 9.12. The lowest BCUT2D eigenvalue weighted by molar-refractivity contribution is 0.197. The number of aromatic nitrogens is 1. The highest BCUT2D eigenvalue weighted by molar-refractivity contribution is 9.10. The van der Waals surface area contributed by atoms with E-state index >= 15 is 0 Å². The van der Waals surface area contributed by atoms with Crippen molar-refractivity contribution in [1.29, 1.82) is 0 Å². The molecule has 0 amide bonds. The minimum Gasteiger partial charge on any atom is -0.489 e. The second-order valence-corrected chi connectivity index (χ2v) is 4.41. The van der Waals surface area contributed by atoms with Crippen molar-refractivity contribution >= 4 is 15.9 Å². The Hall–Kier alpha value is -0.570. The number of pyridine rings is 1. The van der Waals surface area contributed by atoms with Gasteiger partial charge in [-0.2, -0.15) is 0 Å². The maximum Gasteiger partial charge on any atom is 0.139 e. The Balaban J connectivity index is 2.00. The maximum atomic E-state index is 5.73. The average Bonchev–Trinajstić information content (AvgIpc) is 2.85. The summed E-state index contributed by atoms with van der Waals surface area (Å²) in [6.07, 6.45) is 6.46. The van der Waals surface area contributed by atoms with Crippen molar-refractivity contribution in [2.75, 3.05) is 0 Å². The van der Waals surface area contributed by atoms with Crippen LogP contribution in [0.4, 0.5) is 0 Å². The number of ether oxygens (including phenoxy) is 1. The Labute approximate surface area is 86.5 Å². The lowest BCUT2D eigenvalue weighted by Crippen LogP contribution is -2.13. The lowest BCUT2D eigenvalue weighted by atomic mass is 10.3. The molecular weight excluding hydrogens is 230 g/mol. The zero-order valence-electron chi connectivity index (χ0n) is 7.53. The predicted molar refractivity (Wildman–Crippen MR) is 54.8 cm³/mol. The van der Waals surface area contributed by atoms with Gasteiger partial charge in [-0.15, -0.1) is 0 Å². The van der Waals surface area contributed by atoms with E-state index in [1.54, 1.807) is 12.4 Å². The van der Waals surface area contributed by atoms with Gasteiger partial charge >= 0.3 is 0 Å². The van der Waals surface area contributed by atoms with E-state index in [-0.39, 0.29) is 0 Å². The fraction of sp³-hybridized carbons (Fsp3) is 0.500. The quantitative estimate of drug-likeness (QED) is 0.812. The molecule has 0 bridgehead atoms. The van der Waals surface area contributed by atoms with Crippen LogP contribution in [0.3, 0.4) is 0 Å². The van der Waals surface area contributed by atoms with Crippen LogP contribution in [0, 0.1) is 5.92 Å². The van der Waals surface area contributed by atoms with Gasteiger partial charge in [0.15, 0.2) is 0 Å². The third kappa shape index (κ3) is 2.44. The largest absolute Gasteiger partial charge is 0.489 e. The first-order chi connectivity index (χ1) is 6.25. The van der Waals surface area contributed by atoms with Gasteiger partial charge in [-0.05, 0) is 47.7 Å². The molecule has 1 atom stereocenters. The normalized spacial score (nSPS) is 18.3. The SMILES string of the molecule is C[C@@H](Oc1cncc(Br)c1)C1CC1. The highest BCUT2D eigenvalue weighted by Crippen LogP contribution is 2.34. The van der Waals surface area contributed by atoms with E-state index in [4.69, 9.17) is 4.74 Å². The van der Waals surface area contributed by atoms with Gasteiger partial charge in [0, 0.05) is 10.7 Å². The Kier molecular flexibility index (Phi) is 2.54. The van der Waals surface area contributed by atoms with Crippen molar-refractivity contribution in [3.05, 3.63) is 22.9 Å². The van der Waals surface area contributed by atoms with Crippen LogP contribution in [0.5, 0.6) is 5.75 Å². The molecule has 0 aliphatic heterocycles. The van der Waals surface area contributed by atoms with Gasteiger partial charge in [-0.1, -0.05) is 0 Å². The van der Waals surface area contributed by atoms with Crippen LogP contribution in [0.2, 0.25) is 0 Å². The van der Waals surface area contributed by atoms with Crippen LogP contribution in [0.1, 0.15) is 19.8 Å². The summed E-state index contributed by atoms with van der Waals surface area (Å²) in [4.78, 5) is 4.05. The Morgan fingerprint density at radius 1 is 1.54 bits per heavy atom. The molecular formula is C10H12BrNO. The summed E-state index contributed by atoms with van der Waals surface area (Å²) in [5.74, 6) is 1.62. The van der Waals surface area contributed by atoms with E-state index in [1.807, 2.05) is 6.07 Å². The molecule has 2 rings (SSSR count). The van der Waals surface area contributed by atoms with E-state index < -0.39 is 0 Å². The van der Waals surface area contributed by atoms with Crippen LogP contribution < -0.4 is 4.74 Å². The molecule has 1 aromatic heterocycles. The number of hydrogen-bond donors (Lipinski definition) is 0. The standard InChI is InChI=1S/C10H12BrNO/c1-7(8-2-3-8)13-10-4-9(11)5-12-6-10/h4-8H,2-3H2,1H3/t7-/m1/s1. The Morgan fingerprint density at radius 2 is 2.31 bits per heavy atom. The molecule has 3 heteroatoms. The monoisotopic (exact) mass is 241 g/mol. The third-order valence-corrected chi connectivity index (χ3v) is 2.72. The van der Waals surface area contributed by atoms with Gasteiger partial charge in [0.1, 0.15) is 5.75 Å². The molecule has 0 aromatic carbocycles. The van der Waals surface area contributed by atoms with E-state index in [1.165, 1.54) is 12.8 Å². The van der Waals surface area contributed by atoms with E-state index in [0.29, 0.717) is 6.10 Å².